The molecule has 1 fully saturated rings. The van der Waals surface area contributed by atoms with Gasteiger partial charge in [-0.25, -0.2) is 4.79 Å². The number of carbonyl (C=O) groups excluding carboxylic acids is 1. The van der Waals surface area contributed by atoms with Gasteiger partial charge in [0.1, 0.15) is 5.60 Å². The van der Waals surface area contributed by atoms with Gasteiger partial charge in [-0.05, 0) is 33.1 Å². The Morgan fingerprint density at radius 3 is 2.32 bits per heavy atom. The molecule has 22 heavy (non-hydrogen) atoms. The fraction of sp³-hybridized carbons (Fsp3) is 0.875. The van der Waals surface area contributed by atoms with E-state index in [0.29, 0.717) is 12.3 Å². The van der Waals surface area contributed by atoms with E-state index in [1.54, 1.807) is 20.8 Å². The van der Waals surface area contributed by atoms with Crippen molar-refractivity contribution in [2.24, 2.45) is 5.92 Å². The molecule has 0 aromatic heterocycles. The normalized spacial score (nSPS) is 19.3. The van der Waals surface area contributed by atoms with E-state index < -0.39 is 29.8 Å². The third kappa shape index (κ3) is 7.64. The summed E-state index contributed by atoms with van der Waals surface area (Å²) in [6.45, 7) is 5.28. The Bertz CT molecular complexity index is 371. The highest BCUT2D eigenvalue weighted by molar-refractivity contribution is 5.69. The van der Waals surface area contributed by atoms with Crippen LogP contribution in [0.25, 0.3) is 0 Å². The maximum atomic E-state index is 11.9. The van der Waals surface area contributed by atoms with Crippen molar-refractivity contribution in [3.8, 4) is 0 Å². The molecule has 0 heterocycles. The van der Waals surface area contributed by atoms with Crippen LogP contribution in [0.5, 0.6) is 0 Å². The minimum atomic E-state index is -1.10. The lowest BCUT2D eigenvalue weighted by atomic mass is 9.83. The average Bonchev–Trinajstić information content (AvgIpc) is 2.36. The van der Waals surface area contributed by atoms with Crippen molar-refractivity contribution in [2.45, 2.75) is 83.5 Å². The number of aliphatic carboxylic acids is 1. The summed E-state index contributed by atoms with van der Waals surface area (Å²) >= 11 is 0. The molecule has 0 bridgehead atoms. The van der Waals surface area contributed by atoms with Crippen LogP contribution in [0, 0.1) is 5.92 Å². The highest BCUT2D eigenvalue weighted by Gasteiger charge is 2.29. The number of aliphatic hydroxyl groups excluding tert-OH is 1. The third-order valence-corrected chi connectivity index (χ3v) is 3.86. The number of carboxylic acid groups (broad SMARTS) is 1. The first-order valence-electron chi connectivity index (χ1n) is 8.07. The number of carbonyl (C=O) groups is 2. The Hall–Kier alpha value is -1.30. The van der Waals surface area contributed by atoms with Gasteiger partial charge in [0, 0.05) is 0 Å². The quantitative estimate of drug-likeness (QED) is 0.700. The van der Waals surface area contributed by atoms with Gasteiger partial charge < -0.3 is 20.3 Å². The SMILES string of the molecule is CC(C)(C)OC(=O)N[C@@H](CC1CCCCC1)[C@H](O)CC(=O)O. The predicted octanol–water partition coefficient (Wildman–Crippen LogP) is 2.69. The second kappa shape index (κ2) is 8.36. The van der Waals surface area contributed by atoms with Crippen molar-refractivity contribution in [2.75, 3.05) is 0 Å². The summed E-state index contributed by atoms with van der Waals surface area (Å²) in [5.74, 6) is -0.663. The Labute approximate surface area is 132 Å². The minimum Gasteiger partial charge on any atom is -0.481 e. The Kier molecular flexibility index (Phi) is 7.13. The zero-order valence-corrected chi connectivity index (χ0v) is 13.8. The average molecular weight is 315 g/mol. The van der Waals surface area contributed by atoms with Crippen molar-refractivity contribution < 1.29 is 24.5 Å². The van der Waals surface area contributed by atoms with Crippen LogP contribution in [0.1, 0.15) is 65.7 Å². The lowest BCUT2D eigenvalue weighted by molar-refractivity contribution is -0.139. The number of carboxylic acids is 1. The highest BCUT2D eigenvalue weighted by atomic mass is 16.6. The largest absolute Gasteiger partial charge is 0.481 e. The van der Waals surface area contributed by atoms with Crippen molar-refractivity contribution in [1.29, 1.82) is 0 Å². The number of alkyl carbamates (subject to hydrolysis) is 1. The molecule has 128 valence electrons. The smallest absolute Gasteiger partial charge is 0.407 e. The molecule has 3 N–H and O–H groups in total. The molecule has 2 atom stereocenters. The number of hydrogen-bond acceptors (Lipinski definition) is 4. The zero-order valence-electron chi connectivity index (χ0n) is 13.8. The Balaban J connectivity index is 2.63. The molecule has 6 nitrogen and oxygen atoms in total. The molecular formula is C16H29NO5. The van der Waals surface area contributed by atoms with E-state index in [-0.39, 0.29) is 6.42 Å². The van der Waals surface area contributed by atoms with Crippen molar-refractivity contribution in [1.82, 2.24) is 5.32 Å². The topological polar surface area (TPSA) is 95.9 Å². The van der Waals surface area contributed by atoms with Gasteiger partial charge in [0.2, 0.25) is 0 Å². The van der Waals surface area contributed by atoms with Crippen LogP contribution in [-0.2, 0) is 9.53 Å². The lowest BCUT2D eigenvalue weighted by Crippen LogP contribution is -2.47. The first-order valence-corrected chi connectivity index (χ1v) is 8.07. The van der Waals surface area contributed by atoms with E-state index in [1.807, 2.05) is 0 Å². The Morgan fingerprint density at radius 2 is 1.82 bits per heavy atom. The van der Waals surface area contributed by atoms with Crippen LogP contribution < -0.4 is 5.32 Å². The van der Waals surface area contributed by atoms with Crippen LogP contribution in [0.15, 0.2) is 0 Å². The molecule has 0 radical (unpaired) electrons. The summed E-state index contributed by atoms with van der Waals surface area (Å²) < 4.78 is 5.20. The molecule has 0 spiro atoms. The van der Waals surface area contributed by atoms with Crippen LogP contribution >= 0.6 is 0 Å². The molecule has 1 aliphatic rings. The van der Waals surface area contributed by atoms with E-state index in [9.17, 15) is 14.7 Å². The molecule has 1 rings (SSSR count). The molecule has 1 aliphatic carbocycles. The van der Waals surface area contributed by atoms with Crippen LogP contribution in [0.2, 0.25) is 0 Å². The number of rotatable bonds is 6. The Morgan fingerprint density at radius 1 is 1.23 bits per heavy atom. The predicted molar refractivity (Wildman–Crippen MR) is 82.6 cm³/mol. The van der Waals surface area contributed by atoms with Gasteiger partial charge in [-0.2, -0.15) is 0 Å². The number of hydrogen-bond donors (Lipinski definition) is 3. The zero-order chi connectivity index (χ0) is 16.8. The van der Waals surface area contributed by atoms with Gasteiger partial charge in [-0.1, -0.05) is 32.1 Å². The van der Waals surface area contributed by atoms with Gasteiger partial charge in [-0.3, -0.25) is 4.79 Å². The molecule has 0 aliphatic heterocycles. The van der Waals surface area contributed by atoms with Crippen molar-refractivity contribution in [3.05, 3.63) is 0 Å². The maximum absolute atomic E-state index is 11.9. The summed E-state index contributed by atoms with van der Waals surface area (Å²) in [4.78, 5) is 22.7. The van der Waals surface area contributed by atoms with Crippen molar-refractivity contribution >= 4 is 12.1 Å². The number of aliphatic hydroxyl groups is 1. The van der Waals surface area contributed by atoms with E-state index in [0.717, 1.165) is 25.7 Å². The van der Waals surface area contributed by atoms with Gasteiger partial charge in [0.05, 0.1) is 18.6 Å². The van der Waals surface area contributed by atoms with Gasteiger partial charge in [-0.15, -0.1) is 0 Å². The van der Waals surface area contributed by atoms with E-state index in [2.05, 4.69) is 5.32 Å². The van der Waals surface area contributed by atoms with Crippen LogP contribution in [0.4, 0.5) is 4.79 Å². The molecule has 0 unspecified atom stereocenters. The summed E-state index contributed by atoms with van der Waals surface area (Å²) in [6, 6.07) is -0.589. The summed E-state index contributed by atoms with van der Waals surface area (Å²) in [5.41, 5.74) is -0.628. The van der Waals surface area contributed by atoms with Gasteiger partial charge >= 0.3 is 12.1 Å². The highest BCUT2D eigenvalue weighted by Crippen LogP contribution is 2.28. The van der Waals surface area contributed by atoms with E-state index in [4.69, 9.17) is 9.84 Å². The van der Waals surface area contributed by atoms with Crippen LogP contribution in [0.3, 0.4) is 0 Å². The molecular weight excluding hydrogens is 286 g/mol. The summed E-state index contributed by atoms with van der Waals surface area (Å²) in [6.07, 6.45) is 4.14. The summed E-state index contributed by atoms with van der Waals surface area (Å²) in [7, 11) is 0. The molecule has 0 saturated heterocycles. The number of nitrogens with one attached hydrogen (secondary N) is 1. The van der Waals surface area contributed by atoms with Gasteiger partial charge in [0.15, 0.2) is 0 Å². The summed E-state index contributed by atoms with van der Waals surface area (Å²) in [5, 5.41) is 21.6. The lowest BCUT2D eigenvalue weighted by Gasteiger charge is -2.30. The first kappa shape index (κ1) is 18.7. The molecule has 0 aromatic rings. The van der Waals surface area contributed by atoms with E-state index >= 15 is 0 Å². The fourth-order valence-corrected chi connectivity index (χ4v) is 2.87. The standard InChI is InChI=1S/C16H29NO5/c1-16(2,3)22-15(21)17-12(13(18)10-14(19)20)9-11-7-5-4-6-8-11/h11-13,18H,4-10H2,1-3H3,(H,17,21)(H,19,20)/t12-,13+/m0/s1. The van der Waals surface area contributed by atoms with Crippen LogP contribution in [-0.4, -0.2) is 40.0 Å². The molecule has 1 saturated carbocycles. The molecule has 1 amide bonds. The monoisotopic (exact) mass is 315 g/mol. The fourth-order valence-electron chi connectivity index (χ4n) is 2.87. The molecule has 0 aromatic carbocycles. The van der Waals surface area contributed by atoms with E-state index in [1.165, 1.54) is 6.42 Å². The molecule has 6 heteroatoms. The maximum Gasteiger partial charge on any atom is 0.407 e. The second-order valence-electron chi connectivity index (χ2n) is 7.16. The number of ether oxygens (including phenoxy) is 1. The second-order valence-corrected chi connectivity index (χ2v) is 7.16. The third-order valence-electron chi connectivity index (χ3n) is 3.86. The minimum absolute atomic E-state index is 0.382. The van der Waals surface area contributed by atoms with Gasteiger partial charge in [0.25, 0.3) is 0 Å². The first-order chi connectivity index (χ1) is 10.2. The number of amides is 1. The van der Waals surface area contributed by atoms with Crippen molar-refractivity contribution in [3.63, 3.8) is 0 Å².